The zero-order chi connectivity index (χ0) is 10.6. The molecule has 1 heterocycles. The third-order valence-electron chi connectivity index (χ3n) is 1.62. The molecule has 0 atom stereocenters. The van der Waals surface area contributed by atoms with Gasteiger partial charge >= 0.3 is 0 Å². The second-order valence-corrected chi connectivity index (χ2v) is 5.24. The predicted molar refractivity (Wildman–Crippen MR) is 54.6 cm³/mol. The molecule has 0 aromatic carbocycles. The SMILES string of the molecule is Cn1ccc(CCNS(=O)(=O)CCl)n1. The minimum Gasteiger partial charge on any atom is -0.276 e. The first-order valence-electron chi connectivity index (χ1n) is 4.05. The van der Waals surface area contributed by atoms with Crippen LogP contribution in [0.15, 0.2) is 12.3 Å². The topological polar surface area (TPSA) is 64.0 Å². The fraction of sp³-hybridized carbons (Fsp3) is 0.571. The van der Waals surface area contributed by atoms with Crippen LogP contribution in [-0.4, -0.2) is 30.0 Å². The third-order valence-corrected chi connectivity index (χ3v) is 3.41. The molecule has 5 nitrogen and oxygen atoms in total. The highest BCUT2D eigenvalue weighted by molar-refractivity contribution is 7.90. The lowest BCUT2D eigenvalue weighted by Gasteiger charge is -2.01. The average Bonchev–Trinajstić information content (AvgIpc) is 2.51. The highest BCUT2D eigenvalue weighted by atomic mass is 35.5. The van der Waals surface area contributed by atoms with Crippen molar-refractivity contribution in [2.45, 2.75) is 6.42 Å². The van der Waals surface area contributed by atoms with E-state index in [2.05, 4.69) is 9.82 Å². The Balaban J connectivity index is 2.36. The van der Waals surface area contributed by atoms with Gasteiger partial charge in [-0.2, -0.15) is 5.10 Å². The van der Waals surface area contributed by atoms with E-state index in [-0.39, 0.29) is 0 Å². The molecular formula is C7H12ClN3O2S. The Kier molecular flexibility index (Phi) is 3.91. The molecule has 0 bridgehead atoms. The van der Waals surface area contributed by atoms with Gasteiger partial charge in [0.1, 0.15) is 5.21 Å². The van der Waals surface area contributed by atoms with Gasteiger partial charge in [0, 0.05) is 26.2 Å². The maximum Gasteiger partial charge on any atom is 0.225 e. The number of aryl methyl sites for hydroxylation is 1. The van der Waals surface area contributed by atoms with Gasteiger partial charge in [-0.3, -0.25) is 4.68 Å². The number of rotatable bonds is 5. The van der Waals surface area contributed by atoms with Crippen molar-refractivity contribution in [2.24, 2.45) is 7.05 Å². The van der Waals surface area contributed by atoms with E-state index < -0.39 is 15.2 Å². The summed E-state index contributed by atoms with van der Waals surface area (Å²) >= 11 is 5.21. The molecule has 0 fully saturated rings. The van der Waals surface area contributed by atoms with E-state index in [9.17, 15) is 8.42 Å². The van der Waals surface area contributed by atoms with Gasteiger partial charge in [0.25, 0.3) is 0 Å². The minimum atomic E-state index is -3.30. The maximum atomic E-state index is 10.9. The molecule has 0 unspecified atom stereocenters. The van der Waals surface area contributed by atoms with Crippen LogP contribution in [0.3, 0.4) is 0 Å². The molecule has 0 aliphatic carbocycles. The Morgan fingerprint density at radius 2 is 2.36 bits per heavy atom. The van der Waals surface area contributed by atoms with Gasteiger partial charge in [0.15, 0.2) is 0 Å². The highest BCUT2D eigenvalue weighted by Crippen LogP contribution is 1.95. The number of nitrogens with one attached hydrogen (secondary N) is 1. The fourth-order valence-electron chi connectivity index (χ4n) is 0.970. The molecule has 0 aliphatic rings. The molecule has 1 N–H and O–H groups in total. The molecule has 0 spiro atoms. The molecule has 0 radical (unpaired) electrons. The third kappa shape index (κ3) is 3.65. The lowest BCUT2D eigenvalue weighted by Crippen LogP contribution is -2.26. The Morgan fingerprint density at radius 1 is 1.64 bits per heavy atom. The van der Waals surface area contributed by atoms with Gasteiger partial charge in [-0.25, -0.2) is 13.1 Å². The smallest absolute Gasteiger partial charge is 0.225 e. The van der Waals surface area contributed by atoms with Crippen LogP contribution >= 0.6 is 11.6 Å². The van der Waals surface area contributed by atoms with E-state index in [1.165, 1.54) is 0 Å². The molecule has 0 aliphatic heterocycles. The van der Waals surface area contributed by atoms with E-state index in [1.54, 1.807) is 4.68 Å². The zero-order valence-electron chi connectivity index (χ0n) is 7.77. The number of halogens is 1. The number of nitrogens with zero attached hydrogens (tertiary/aromatic N) is 2. The van der Waals surface area contributed by atoms with Gasteiger partial charge < -0.3 is 0 Å². The second kappa shape index (κ2) is 4.77. The van der Waals surface area contributed by atoms with Crippen molar-refractivity contribution in [3.8, 4) is 0 Å². The van der Waals surface area contributed by atoms with Crippen LogP contribution in [0, 0.1) is 0 Å². The first kappa shape index (κ1) is 11.5. The number of sulfonamides is 1. The quantitative estimate of drug-likeness (QED) is 0.738. The minimum absolute atomic E-state index is 0.325. The summed E-state index contributed by atoms with van der Waals surface area (Å²) in [7, 11) is -1.49. The van der Waals surface area contributed by atoms with Crippen LogP contribution in [-0.2, 0) is 23.5 Å². The normalized spacial score (nSPS) is 11.9. The van der Waals surface area contributed by atoms with Crippen LogP contribution in [0.4, 0.5) is 0 Å². The summed E-state index contributed by atoms with van der Waals surface area (Å²) in [6, 6.07) is 1.84. The monoisotopic (exact) mass is 237 g/mol. The molecule has 7 heteroatoms. The molecular weight excluding hydrogens is 226 g/mol. The lowest BCUT2D eigenvalue weighted by molar-refractivity contribution is 0.585. The van der Waals surface area contributed by atoms with Crippen molar-refractivity contribution in [3.63, 3.8) is 0 Å². The largest absolute Gasteiger partial charge is 0.276 e. The first-order chi connectivity index (χ1) is 6.53. The Bertz CT molecular complexity index is 387. The van der Waals surface area contributed by atoms with E-state index in [0.29, 0.717) is 13.0 Å². The van der Waals surface area contributed by atoms with E-state index in [0.717, 1.165) is 5.69 Å². The molecule has 0 amide bonds. The van der Waals surface area contributed by atoms with E-state index in [1.807, 2.05) is 19.3 Å². The van der Waals surface area contributed by atoms with Crippen molar-refractivity contribution < 1.29 is 8.42 Å². The van der Waals surface area contributed by atoms with Gasteiger partial charge in [0.05, 0.1) is 5.69 Å². The summed E-state index contributed by atoms with van der Waals surface area (Å²) in [5, 5.41) is 3.70. The standard InChI is InChI=1S/C7H12ClN3O2S/c1-11-5-3-7(10-11)2-4-9-14(12,13)6-8/h3,5,9H,2,4,6H2,1H3. The summed E-state index contributed by atoms with van der Waals surface area (Å²) < 4.78 is 25.9. The van der Waals surface area contributed by atoms with Crippen LogP contribution < -0.4 is 4.72 Å². The Morgan fingerprint density at radius 3 is 2.86 bits per heavy atom. The summed E-state index contributed by atoms with van der Waals surface area (Å²) in [4.78, 5) is 0. The summed E-state index contributed by atoms with van der Waals surface area (Å²) in [6.45, 7) is 0.325. The van der Waals surface area contributed by atoms with Gasteiger partial charge in [-0.05, 0) is 6.07 Å². The number of hydrogen-bond acceptors (Lipinski definition) is 3. The first-order valence-corrected chi connectivity index (χ1v) is 6.24. The van der Waals surface area contributed by atoms with Crippen LogP contribution in [0.25, 0.3) is 0 Å². The molecule has 14 heavy (non-hydrogen) atoms. The predicted octanol–water partition coefficient (Wildman–Crippen LogP) is 0.0783. The average molecular weight is 238 g/mol. The van der Waals surface area contributed by atoms with Crippen molar-refractivity contribution in [1.82, 2.24) is 14.5 Å². The molecule has 1 aromatic rings. The van der Waals surface area contributed by atoms with Crippen LogP contribution in [0.1, 0.15) is 5.69 Å². The molecule has 0 saturated carbocycles. The fourth-order valence-corrected chi connectivity index (χ4v) is 1.69. The Hall–Kier alpha value is -0.590. The zero-order valence-corrected chi connectivity index (χ0v) is 9.35. The van der Waals surface area contributed by atoms with Crippen molar-refractivity contribution in [2.75, 3.05) is 11.8 Å². The molecule has 1 aromatic heterocycles. The van der Waals surface area contributed by atoms with Gasteiger partial charge in [-0.15, -0.1) is 11.6 Å². The number of aromatic nitrogens is 2. The lowest BCUT2D eigenvalue weighted by atomic mass is 10.3. The summed E-state index contributed by atoms with van der Waals surface area (Å²) in [5.41, 5.74) is 0.852. The van der Waals surface area contributed by atoms with Crippen molar-refractivity contribution in [1.29, 1.82) is 0 Å². The Labute approximate surface area is 88.1 Å². The van der Waals surface area contributed by atoms with Gasteiger partial charge in [0.2, 0.25) is 10.0 Å². The highest BCUT2D eigenvalue weighted by Gasteiger charge is 2.06. The summed E-state index contributed by atoms with van der Waals surface area (Å²) in [6.07, 6.45) is 2.38. The molecule has 1 rings (SSSR count). The number of hydrogen-bond donors (Lipinski definition) is 1. The van der Waals surface area contributed by atoms with Crippen molar-refractivity contribution in [3.05, 3.63) is 18.0 Å². The summed E-state index contributed by atoms with van der Waals surface area (Å²) in [5.74, 6) is 0. The van der Waals surface area contributed by atoms with Crippen LogP contribution in [0.2, 0.25) is 0 Å². The van der Waals surface area contributed by atoms with E-state index >= 15 is 0 Å². The second-order valence-electron chi connectivity index (χ2n) is 2.85. The molecule has 80 valence electrons. The molecule has 0 saturated heterocycles. The number of alkyl halides is 1. The van der Waals surface area contributed by atoms with Crippen LogP contribution in [0.5, 0.6) is 0 Å². The van der Waals surface area contributed by atoms with Crippen molar-refractivity contribution >= 4 is 21.6 Å². The van der Waals surface area contributed by atoms with Gasteiger partial charge in [-0.1, -0.05) is 0 Å². The van der Waals surface area contributed by atoms with E-state index in [4.69, 9.17) is 11.6 Å². The maximum absolute atomic E-state index is 10.9.